The summed E-state index contributed by atoms with van der Waals surface area (Å²) in [6.45, 7) is 5.21. The van der Waals surface area contributed by atoms with Crippen LogP contribution in [0.5, 0.6) is 5.75 Å². The maximum atomic E-state index is 12.3. The van der Waals surface area contributed by atoms with Gasteiger partial charge in [-0.15, -0.1) is 0 Å². The van der Waals surface area contributed by atoms with Gasteiger partial charge >= 0.3 is 0 Å². The van der Waals surface area contributed by atoms with Crippen LogP contribution in [0.25, 0.3) is 0 Å². The molecule has 2 amide bonds. The topological polar surface area (TPSA) is 76.7 Å². The minimum Gasteiger partial charge on any atom is -0.494 e. The first kappa shape index (κ1) is 20.6. The molecule has 0 unspecified atom stereocenters. The Bertz CT molecular complexity index is 649. The van der Waals surface area contributed by atoms with Crippen LogP contribution in [0.3, 0.4) is 0 Å². The molecule has 154 valence electrons. The summed E-state index contributed by atoms with van der Waals surface area (Å²) < 4.78 is 11.1. The van der Waals surface area contributed by atoms with E-state index in [1.165, 1.54) is 5.56 Å². The minimum atomic E-state index is -0.0984. The van der Waals surface area contributed by atoms with E-state index in [9.17, 15) is 9.59 Å². The summed E-state index contributed by atoms with van der Waals surface area (Å²) in [5.41, 5.74) is 1.12. The Morgan fingerprint density at radius 2 is 1.86 bits per heavy atom. The number of ether oxygens (including phenoxy) is 2. The van der Waals surface area contributed by atoms with E-state index in [-0.39, 0.29) is 23.1 Å². The van der Waals surface area contributed by atoms with Crippen LogP contribution in [0.15, 0.2) is 24.3 Å². The molecule has 1 aromatic carbocycles. The number of hydrogen-bond acceptors (Lipinski definition) is 4. The van der Waals surface area contributed by atoms with Gasteiger partial charge in [-0.2, -0.15) is 0 Å². The van der Waals surface area contributed by atoms with Crippen molar-refractivity contribution in [2.45, 2.75) is 50.9 Å². The lowest BCUT2D eigenvalue weighted by molar-refractivity contribution is -0.123. The first-order valence-corrected chi connectivity index (χ1v) is 10.5. The van der Waals surface area contributed by atoms with Gasteiger partial charge in [0, 0.05) is 44.1 Å². The first-order chi connectivity index (χ1) is 13.6. The van der Waals surface area contributed by atoms with Crippen molar-refractivity contribution in [3.05, 3.63) is 29.8 Å². The number of amides is 2. The molecule has 1 heterocycles. The predicted octanol–water partition coefficient (Wildman–Crippen LogP) is 2.56. The molecule has 6 heteroatoms. The second kappa shape index (κ2) is 9.92. The molecule has 1 aliphatic heterocycles. The second-order valence-corrected chi connectivity index (χ2v) is 7.80. The Balaban J connectivity index is 1.49. The molecule has 0 atom stereocenters. The summed E-state index contributed by atoms with van der Waals surface area (Å²) in [6, 6.07) is 8.21. The number of rotatable bonds is 10. The molecule has 1 saturated carbocycles. The minimum absolute atomic E-state index is 0.0393. The van der Waals surface area contributed by atoms with Crippen LogP contribution in [0.1, 0.15) is 51.0 Å². The van der Waals surface area contributed by atoms with Gasteiger partial charge in [0.1, 0.15) is 5.75 Å². The second-order valence-electron chi connectivity index (χ2n) is 7.80. The maximum absolute atomic E-state index is 12.3. The van der Waals surface area contributed by atoms with Crippen LogP contribution < -0.4 is 15.4 Å². The molecule has 1 aliphatic carbocycles. The Hall–Kier alpha value is -2.08. The Labute approximate surface area is 167 Å². The quantitative estimate of drug-likeness (QED) is 0.604. The fraction of sp³-hybridized carbons (Fsp3) is 0.636. The molecular formula is C22H32N2O4. The van der Waals surface area contributed by atoms with E-state index < -0.39 is 0 Å². The van der Waals surface area contributed by atoms with Crippen molar-refractivity contribution in [3.8, 4) is 5.75 Å². The Morgan fingerprint density at radius 3 is 2.50 bits per heavy atom. The lowest BCUT2D eigenvalue weighted by Crippen LogP contribution is -2.44. The molecule has 2 N–H and O–H groups in total. The first-order valence-electron chi connectivity index (χ1n) is 10.5. The fourth-order valence-electron chi connectivity index (χ4n) is 3.71. The van der Waals surface area contributed by atoms with Gasteiger partial charge in [-0.3, -0.25) is 9.59 Å². The highest BCUT2D eigenvalue weighted by atomic mass is 16.5. The summed E-state index contributed by atoms with van der Waals surface area (Å²) in [4.78, 5) is 23.9. The van der Waals surface area contributed by atoms with Crippen LogP contribution in [0.2, 0.25) is 0 Å². The van der Waals surface area contributed by atoms with Gasteiger partial charge in [0.2, 0.25) is 11.8 Å². The van der Waals surface area contributed by atoms with Crippen molar-refractivity contribution in [2.75, 3.05) is 32.9 Å². The summed E-state index contributed by atoms with van der Waals surface area (Å²) in [7, 11) is 0. The van der Waals surface area contributed by atoms with Crippen LogP contribution >= 0.6 is 0 Å². The lowest BCUT2D eigenvalue weighted by atomic mass is 9.74. The van der Waals surface area contributed by atoms with Gasteiger partial charge in [-0.05, 0) is 56.7 Å². The van der Waals surface area contributed by atoms with Crippen LogP contribution in [-0.4, -0.2) is 44.7 Å². The molecule has 0 aromatic heterocycles. The van der Waals surface area contributed by atoms with Crippen molar-refractivity contribution in [1.29, 1.82) is 0 Å². The maximum Gasteiger partial charge on any atom is 0.223 e. The number of benzene rings is 1. The zero-order chi connectivity index (χ0) is 19.8. The van der Waals surface area contributed by atoms with Crippen LogP contribution in [0, 0.1) is 5.92 Å². The summed E-state index contributed by atoms with van der Waals surface area (Å²) in [5, 5.41) is 6.02. The zero-order valence-electron chi connectivity index (χ0n) is 16.8. The lowest BCUT2D eigenvalue weighted by Gasteiger charge is -2.38. The predicted molar refractivity (Wildman–Crippen MR) is 107 cm³/mol. The van der Waals surface area contributed by atoms with E-state index in [0.29, 0.717) is 45.8 Å². The van der Waals surface area contributed by atoms with Crippen molar-refractivity contribution in [2.24, 2.45) is 5.92 Å². The van der Waals surface area contributed by atoms with E-state index in [0.717, 1.165) is 31.4 Å². The van der Waals surface area contributed by atoms with Gasteiger partial charge < -0.3 is 20.1 Å². The Kier molecular flexibility index (Phi) is 7.31. The van der Waals surface area contributed by atoms with E-state index >= 15 is 0 Å². The molecule has 3 rings (SSSR count). The standard InChI is InChI=1S/C22H32N2O4/c1-2-28-19-9-7-18(8-10-19)22(11-14-27-15-12-22)16-24-20(25)4-3-13-23-21(26)17-5-6-17/h7-10,17H,2-6,11-16H2,1H3,(H,23,26)(H,24,25). The van der Waals surface area contributed by atoms with Crippen molar-refractivity contribution >= 4 is 11.8 Å². The highest BCUT2D eigenvalue weighted by Gasteiger charge is 2.35. The smallest absolute Gasteiger partial charge is 0.223 e. The third kappa shape index (κ3) is 5.71. The highest BCUT2D eigenvalue weighted by Crippen LogP contribution is 2.35. The molecule has 2 fully saturated rings. The number of nitrogens with one attached hydrogen (secondary N) is 2. The third-order valence-electron chi connectivity index (χ3n) is 5.68. The molecule has 0 bridgehead atoms. The van der Waals surface area contributed by atoms with E-state index in [4.69, 9.17) is 9.47 Å². The fourth-order valence-corrected chi connectivity index (χ4v) is 3.71. The molecule has 0 radical (unpaired) electrons. The van der Waals surface area contributed by atoms with E-state index in [2.05, 4.69) is 22.8 Å². The van der Waals surface area contributed by atoms with Gasteiger partial charge in [0.25, 0.3) is 0 Å². The van der Waals surface area contributed by atoms with Gasteiger partial charge in [0.05, 0.1) is 6.61 Å². The van der Waals surface area contributed by atoms with E-state index in [1.54, 1.807) is 0 Å². The summed E-state index contributed by atoms with van der Waals surface area (Å²) >= 11 is 0. The van der Waals surface area contributed by atoms with Crippen molar-refractivity contribution in [1.82, 2.24) is 10.6 Å². The molecule has 28 heavy (non-hydrogen) atoms. The zero-order valence-corrected chi connectivity index (χ0v) is 16.8. The van der Waals surface area contributed by atoms with Gasteiger partial charge in [0.15, 0.2) is 0 Å². The monoisotopic (exact) mass is 388 g/mol. The molecule has 1 aromatic rings. The van der Waals surface area contributed by atoms with Crippen molar-refractivity contribution < 1.29 is 19.1 Å². The molecule has 2 aliphatic rings. The molecular weight excluding hydrogens is 356 g/mol. The SMILES string of the molecule is CCOc1ccc(C2(CNC(=O)CCCNC(=O)C3CC3)CCOCC2)cc1. The molecule has 6 nitrogen and oxygen atoms in total. The largest absolute Gasteiger partial charge is 0.494 e. The summed E-state index contributed by atoms with van der Waals surface area (Å²) in [6.07, 6.45) is 4.88. The normalized spacial score (nSPS) is 18.3. The number of carbonyl (C=O) groups excluding carboxylic acids is 2. The highest BCUT2D eigenvalue weighted by molar-refractivity contribution is 5.81. The average Bonchev–Trinajstić information content (AvgIpc) is 3.56. The van der Waals surface area contributed by atoms with Gasteiger partial charge in [-0.1, -0.05) is 12.1 Å². The number of hydrogen-bond donors (Lipinski definition) is 2. The summed E-state index contributed by atoms with van der Waals surface area (Å²) in [5.74, 6) is 1.26. The Morgan fingerprint density at radius 1 is 1.14 bits per heavy atom. The molecule has 0 spiro atoms. The van der Waals surface area contributed by atoms with Crippen LogP contribution in [0.4, 0.5) is 0 Å². The van der Waals surface area contributed by atoms with Gasteiger partial charge in [-0.25, -0.2) is 0 Å². The number of carbonyl (C=O) groups is 2. The average molecular weight is 389 g/mol. The van der Waals surface area contributed by atoms with E-state index in [1.807, 2.05) is 19.1 Å². The van der Waals surface area contributed by atoms with Crippen LogP contribution in [-0.2, 0) is 19.7 Å². The molecule has 1 saturated heterocycles. The van der Waals surface area contributed by atoms with Crippen molar-refractivity contribution in [3.63, 3.8) is 0 Å². The third-order valence-corrected chi connectivity index (χ3v) is 5.68.